The summed E-state index contributed by atoms with van der Waals surface area (Å²) in [6, 6.07) is 9.17. The highest BCUT2D eigenvalue weighted by Crippen LogP contribution is 2.34. The van der Waals surface area contributed by atoms with E-state index in [0.717, 1.165) is 22.0 Å². The lowest BCUT2D eigenvalue weighted by molar-refractivity contribution is -0.136. The van der Waals surface area contributed by atoms with Crippen molar-refractivity contribution in [3.8, 4) is 17.2 Å². The van der Waals surface area contributed by atoms with Crippen molar-refractivity contribution in [2.24, 2.45) is 0 Å². The lowest BCUT2D eigenvalue weighted by Gasteiger charge is -2.13. The smallest absolute Gasteiger partial charge is 0.317 e. The average molecular weight is 765 g/mol. The molecule has 11 heteroatoms. The number of hydrogen-bond donors (Lipinski definition) is 5. The van der Waals surface area contributed by atoms with Gasteiger partial charge in [-0.3, -0.25) is 9.59 Å². The normalized spacial score (nSPS) is 10.7. The Morgan fingerprint density at radius 1 is 0.903 bits per heavy atom. The van der Waals surface area contributed by atoms with Crippen LogP contribution < -0.4 is 20.7 Å². The molecular weight excluding hydrogens is 743 g/mol. The minimum absolute atomic E-state index is 0.0937. The minimum atomic E-state index is -0.906. The monoisotopic (exact) mass is 765 g/mol. The van der Waals surface area contributed by atoms with Crippen LogP contribution in [0.1, 0.15) is 5.56 Å². The van der Waals surface area contributed by atoms with Gasteiger partial charge in [0.2, 0.25) is 5.91 Å². The first-order chi connectivity index (χ1) is 14.8. The number of nitrogens with one attached hydrogen (secondary N) is 3. The Morgan fingerprint density at radius 2 is 1.55 bits per heavy atom. The molecule has 0 radical (unpaired) electrons. The number of hydrogen-bond acceptors (Lipinski definition) is 6. The third kappa shape index (κ3) is 9.63. The zero-order valence-corrected chi connectivity index (χ0v) is 22.9. The number of aromatic hydroxyl groups is 1. The number of aliphatic carboxylic acids is 1. The van der Waals surface area contributed by atoms with Gasteiger partial charge in [0.25, 0.3) is 0 Å². The molecule has 168 valence electrons. The summed E-state index contributed by atoms with van der Waals surface area (Å²) in [5, 5.41) is 26.7. The van der Waals surface area contributed by atoms with Crippen molar-refractivity contribution in [3.05, 3.63) is 46.6 Å². The molecule has 2 rings (SSSR count). The van der Waals surface area contributed by atoms with Crippen molar-refractivity contribution >= 4 is 79.6 Å². The van der Waals surface area contributed by atoms with Gasteiger partial charge in [0, 0.05) is 19.6 Å². The molecule has 0 aromatic heterocycles. The van der Waals surface area contributed by atoms with Crippen LogP contribution in [0.2, 0.25) is 0 Å². The Morgan fingerprint density at radius 3 is 2.16 bits per heavy atom. The summed E-state index contributed by atoms with van der Waals surface area (Å²) >= 11 is 6.52. The summed E-state index contributed by atoms with van der Waals surface area (Å²) in [6.45, 7) is 1.60. The maximum Gasteiger partial charge on any atom is 0.317 e. The Labute approximate surface area is 221 Å². The molecule has 0 aliphatic carbocycles. The van der Waals surface area contributed by atoms with Crippen LogP contribution in [-0.4, -0.2) is 54.8 Å². The maximum atomic E-state index is 11.9. The van der Waals surface area contributed by atoms with Crippen molar-refractivity contribution in [1.29, 1.82) is 0 Å². The largest absolute Gasteiger partial charge is 0.507 e. The molecule has 0 aliphatic rings. The molecule has 31 heavy (non-hydrogen) atoms. The Balaban J connectivity index is 1.78. The van der Waals surface area contributed by atoms with E-state index in [-0.39, 0.29) is 24.7 Å². The number of benzene rings is 2. The van der Waals surface area contributed by atoms with Gasteiger partial charge in [0.05, 0.1) is 23.8 Å². The van der Waals surface area contributed by atoms with E-state index in [2.05, 4.69) is 83.7 Å². The van der Waals surface area contributed by atoms with Gasteiger partial charge in [-0.25, -0.2) is 0 Å². The Bertz CT molecular complexity index is 904. The van der Waals surface area contributed by atoms with E-state index >= 15 is 0 Å². The fourth-order valence-corrected chi connectivity index (χ4v) is 5.11. The number of carboxylic acids is 1. The molecule has 0 bridgehead atoms. The van der Waals surface area contributed by atoms with Crippen LogP contribution in [-0.2, 0) is 16.0 Å². The molecule has 0 fully saturated rings. The molecule has 1 amide bonds. The third-order valence-electron chi connectivity index (χ3n) is 3.97. The number of ether oxygens (including phenoxy) is 1. The van der Waals surface area contributed by atoms with Crippen LogP contribution in [0, 0.1) is 10.7 Å². The van der Waals surface area contributed by atoms with Gasteiger partial charge in [-0.2, -0.15) is 0 Å². The van der Waals surface area contributed by atoms with Gasteiger partial charge in [0.15, 0.2) is 5.75 Å². The van der Waals surface area contributed by atoms with Gasteiger partial charge in [-0.15, -0.1) is 0 Å². The van der Waals surface area contributed by atoms with Crippen LogP contribution >= 0.6 is 67.8 Å². The molecule has 0 heterocycles. The van der Waals surface area contributed by atoms with Gasteiger partial charge < -0.3 is 30.9 Å². The van der Waals surface area contributed by atoms with Gasteiger partial charge >= 0.3 is 5.97 Å². The van der Waals surface area contributed by atoms with E-state index in [0.29, 0.717) is 31.8 Å². The summed E-state index contributed by atoms with van der Waals surface area (Å²) < 4.78 is 8.66. The molecule has 5 N–H and O–H groups in total. The van der Waals surface area contributed by atoms with E-state index in [1.807, 2.05) is 12.1 Å². The molecule has 0 saturated carbocycles. The first kappa shape index (κ1) is 26.3. The van der Waals surface area contributed by atoms with Crippen molar-refractivity contribution in [3.63, 3.8) is 0 Å². The lowest BCUT2D eigenvalue weighted by atomic mass is 10.1. The summed E-state index contributed by atoms with van der Waals surface area (Å²) in [6.07, 6.45) is 0.690. The zero-order valence-electron chi connectivity index (χ0n) is 16.4. The van der Waals surface area contributed by atoms with Crippen molar-refractivity contribution in [2.45, 2.75) is 6.42 Å². The number of phenols is 1. The van der Waals surface area contributed by atoms with E-state index < -0.39 is 5.97 Å². The predicted molar refractivity (Wildman–Crippen MR) is 143 cm³/mol. The molecule has 0 atom stereocenters. The van der Waals surface area contributed by atoms with Crippen LogP contribution in [0.5, 0.6) is 17.2 Å². The van der Waals surface area contributed by atoms with Crippen molar-refractivity contribution in [2.75, 3.05) is 32.7 Å². The second-order valence-corrected chi connectivity index (χ2v) is 9.94. The second-order valence-electron chi connectivity index (χ2n) is 6.45. The van der Waals surface area contributed by atoms with Crippen molar-refractivity contribution in [1.82, 2.24) is 16.0 Å². The SMILES string of the molecule is O=C(O)CNCCNCC(=O)NCCc1cc(I)c(Oc2ccc(O)c(I)c2)c(I)c1. The summed E-state index contributed by atoms with van der Waals surface area (Å²) in [5.74, 6) is 0.626. The fraction of sp³-hybridized carbons (Fsp3) is 0.300. The molecule has 0 spiro atoms. The number of carbonyl (C=O) groups excluding carboxylic acids is 1. The summed E-state index contributed by atoms with van der Waals surface area (Å²) in [5.41, 5.74) is 1.09. The highest BCUT2D eigenvalue weighted by atomic mass is 127. The minimum Gasteiger partial charge on any atom is -0.507 e. The van der Waals surface area contributed by atoms with Gasteiger partial charge in [-0.05, 0) is 110 Å². The van der Waals surface area contributed by atoms with Gasteiger partial charge in [0.1, 0.15) is 11.5 Å². The number of halogens is 3. The first-order valence-electron chi connectivity index (χ1n) is 9.30. The molecule has 0 aliphatic heterocycles. The number of amides is 1. The van der Waals surface area contributed by atoms with Crippen LogP contribution in [0.15, 0.2) is 30.3 Å². The standard InChI is InChI=1S/C20H22I3N3O5/c21-14-9-13(1-2-17(14)27)31-20-15(22)7-12(8-16(20)23)3-4-26-18(28)10-24-5-6-25-11-19(29)30/h1-2,7-9,24-25,27H,3-6,10-11H2,(H,26,28)(H,29,30). The van der Waals surface area contributed by atoms with E-state index in [4.69, 9.17) is 9.84 Å². The number of carboxylic acid groups (broad SMARTS) is 1. The molecule has 2 aromatic rings. The van der Waals surface area contributed by atoms with Crippen LogP contribution in [0.3, 0.4) is 0 Å². The van der Waals surface area contributed by atoms with Crippen LogP contribution in [0.25, 0.3) is 0 Å². The number of carbonyl (C=O) groups is 2. The average Bonchev–Trinajstić information content (AvgIpc) is 2.70. The second kappa shape index (κ2) is 13.6. The van der Waals surface area contributed by atoms with Crippen molar-refractivity contribution < 1.29 is 24.5 Å². The number of rotatable bonds is 12. The lowest BCUT2D eigenvalue weighted by Crippen LogP contribution is -2.38. The zero-order chi connectivity index (χ0) is 22.8. The summed E-state index contributed by atoms with van der Waals surface area (Å²) in [7, 11) is 0. The molecule has 0 unspecified atom stereocenters. The highest BCUT2D eigenvalue weighted by molar-refractivity contribution is 14.1. The number of phenolic OH excluding ortho intramolecular Hbond substituents is 1. The quantitative estimate of drug-likeness (QED) is 0.167. The Hall–Kier alpha value is -0.910. The topological polar surface area (TPSA) is 120 Å². The molecule has 0 saturated heterocycles. The van der Waals surface area contributed by atoms with Crippen LogP contribution in [0.4, 0.5) is 0 Å². The molecular formula is C20H22I3N3O5. The first-order valence-corrected chi connectivity index (χ1v) is 12.5. The van der Waals surface area contributed by atoms with E-state index in [1.54, 1.807) is 18.2 Å². The fourth-order valence-electron chi connectivity index (χ4n) is 2.51. The maximum absolute atomic E-state index is 11.9. The van der Waals surface area contributed by atoms with E-state index in [9.17, 15) is 14.7 Å². The third-order valence-corrected chi connectivity index (χ3v) is 6.44. The predicted octanol–water partition coefficient (Wildman–Crippen LogP) is 2.92. The summed E-state index contributed by atoms with van der Waals surface area (Å²) in [4.78, 5) is 22.3. The molecule has 2 aromatic carbocycles. The van der Waals surface area contributed by atoms with E-state index in [1.165, 1.54) is 0 Å². The highest BCUT2D eigenvalue weighted by Gasteiger charge is 2.12. The molecule has 8 nitrogen and oxygen atoms in total. The Kier molecular flexibility index (Phi) is 11.6. The van der Waals surface area contributed by atoms with Gasteiger partial charge in [-0.1, -0.05) is 0 Å².